The van der Waals surface area contributed by atoms with Gasteiger partial charge in [0.1, 0.15) is 11.5 Å². The predicted molar refractivity (Wildman–Crippen MR) is 97.0 cm³/mol. The van der Waals surface area contributed by atoms with Crippen LogP contribution in [0.4, 0.5) is 10.5 Å². The molecule has 0 aliphatic rings. The van der Waals surface area contributed by atoms with Gasteiger partial charge in [-0.1, -0.05) is 18.2 Å². The monoisotopic (exact) mass is 344 g/mol. The van der Waals surface area contributed by atoms with Crippen molar-refractivity contribution in [3.8, 4) is 11.5 Å². The highest BCUT2D eigenvalue weighted by molar-refractivity contribution is 5.88. The van der Waals surface area contributed by atoms with Gasteiger partial charge in [0, 0.05) is 18.8 Å². The topological polar surface area (TPSA) is 60.0 Å². The summed E-state index contributed by atoms with van der Waals surface area (Å²) in [7, 11) is 4.63. The first-order chi connectivity index (χ1) is 12.1. The fourth-order valence-corrected chi connectivity index (χ4v) is 2.21. The lowest BCUT2D eigenvalue weighted by molar-refractivity contribution is -0.0598. The maximum Gasteiger partial charge on any atom is 0.345 e. The third-order valence-electron chi connectivity index (χ3n) is 3.68. The molecule has 0 saturated heterocycles. The smallest absolute Gasteiger partial charge is 0.345 e. The van der Waals surface area contributed by atoms with Crippen LogP contribution >= 0.6 is 0 Å². The van der Waals surface area contributed by atoms with Crippen molar-refractivity contribution in [2.45, 2.75) is 12.8 Å². The van der Waals surface area contributed by atoms with Crippen molar-refractivity contribution in [1.29, 1.82) is 0 Å². The van der Waals surface area contributed by atoms with Gasteiger partial charge in [0.05, 0.1) is 20.8 Å². The van der Waals surface area contributed by atoms with Gasteiger partial charge in [0.25, 0.3) is 0 Å². The van der Waals surface area contributed by atoms with E-state index in [4.69, 9.17) is 14.3 Å². The number of aryl methyl sites for hydroxylation is 1. The van der Waals surface area contributed by atoms with Crippen LogP contribution in [0.5, 0.6) is 11.5 Å². The Morgan fingerprint density at radius 2 is 1.84 bits per heavy atom. The number of nitrogens with zero attached hydrogens (tertiary/aromatic N) is 1. The van der Waals surface area contributed by atoms with Crippen LogP contribution in [0.3, 0.4) is 0 Å². The van der Waals surface area contributed by atoms with Crippen molar-refractivity contribution in [1.82, 2.24) is 5.06 Å². The Kier molecular flexibility index (Phi) is 7.10. The SMILES string of the molecule is COc1ccc(CCCOc2cccc(NC(=O)N(C)OC)c2)cc1. The third kappa shape index (κ3) is 6.00. The van der Waals surface area contributed by atoms with E-state index in [-0.39, 0.29) is 6.03 Å². The summed E-state index contributed by atoms with van der Waals surface area (Å²) >= 11 is 0. The molecule has 2 amide bonds. The van der Waals surface area contributed by atoms with Gasteiger partial charge in [-0.15, -0.1) is 0 Å². The van der Waals surface area contributed by atoms with Crippen molar-refractivity contribution in [3.63, 3.8) is 0 Å². The number of ether oxygens (including phenoxy) is 2. The largest absolute Gasteiger partial charge is 0.497 e. The highest BCUT2D eigenvalue weighted by atomic mass is 16.7. The highest BCUT2D eigenvalue weighted by Crippen LogP contribution is 2.18. The lowest BCUT2D eigenvalue weighted by atomic mass is 10.1. The van der Waals surface area contributed by atoms with E-state index >= 15 is 0 Å². The average molecular weight is 344 g/mol. The Morgan fingerprint density at radius 3 is 2.52 bits per heavy atom. The molecule has 2 aromatic carbocycles. The molecule has 0 aliphatic heterocycles. The van der Waals surface area contributed by atoms with Gasteiger partial charge in [-0.05, 0) is 42.7 Å². The van der Waals surface area contributed by atoms with Gasteiger partial charge >= 0.3 is 6.03 Å². The van der Waals surface area contributed by atoms with Crippen LogP contribution in [0.25, 0.3) is 0 Å². The van der Waals surface area contributed by atoms with Gasteiger partial charge < -0.3 is 14.8 Å². The Bertz CT molecular complexity index is 673. The lowest BCUT2D eigenvalue weighted by Gasteiger charge is -2.15. The van der Waals surface area contributed by atoms with E-state index in [0.29, 0.717) is 18.0 Å². The number of hydroxylamine groups is 2. The minimum atomic E-state index is -0.348. The Labute approximate surface area is 148 Å². The minimum Gasteiger partial charge on any atom is -0.497 e. The number of benzene rings is 2. The lowest BCUT2D eigenvalue weighted by Crippen LogP contribution is -2.30. The minimum absolute atomic E-state index is 0.348. The molecule has 134 valence electrons. The molecular formula is C19H24N2O4. The molecule has 0 radical (unpaired) electrons. The number of methoxy groups -OCH3 is 1. The van der Waals surface area contributed by atoms with Crippen molar-refractivity contribution in [2.24, 2.45) is 0 Å². The van der Waals surface area contributed by atoms with Gasteiger partial charge in [-0.2, -0.15) is 0 Å². The maximum absolute atomic E-state index is 11.8. The fourth-order valence-electron chi connectivity index (χ4n) is 2.21. The molecule has 0 aromatic heterocycles. The van der Waals surface area contributed by atoms with Gasteiger partial charge in [0.2, 0.25) is 0 Å². The highest BCUT2D eigenvalue weighted by Gasteiger charge is 2.08. The van der Waals surface area contributed by atoms with Gasteiger partial charge in [0.15, 0.2) is 0 Å². The molecule has 0 heterocycles. The summed E-state index contributed by atoms with van der Waals surface area (Å²) in [6.07, 6.45) is 1.83. The van der Waals surface area contributed by atoms with Crippen molar-refractivity contribution < 1.29 is 19.1 Å². The van der Waals surface area contributed by atoms with Crippen LogP contribution in [0.1, 0.15) is 12.0 Å². The number of urea groups is 1. The zero-order valence-corrected chi connectivity index (χ0v) is 14.8. The molecule has 0 saturated carbocycles. The van der Waals surface area contributed by atoms with Crippen molar-refractivity contribution >= 4 is 11.7 Å². The number of carbonyl (C=O) groups is 1. The van der Waals surface area contributed by atoms with Gasteiger partial charge in [-0.3, -0.25) is 4.84 Å². The first-order valence-corrected chi connectivity index (χ1v) is 8.07. The second-order valence-corrected chi connectivity index (χ2v) is 5.44. The summed E-state index contributed by atoms with van der Waals surface area (Å²) in [6.45, 7) is 0.599. The number of anilines is 1. The first kappa shape index (κ1) is 18.6. The molecule has 0 spiro atoms. The van der Waals surface area contributed by atoms with E-state index < -0.39 is 0 Å². The summed E-state index contributed by atoms with van der Waals surface area (Å²) in [4.78, 5) is 16.6. The first-order valence-electron chi connectivity index (χ1n) is 8.07. The quantitative estimate of drug-likeness (QED) is 0.585. The second-order valence-electron chi connectivity index (χ2n) is 5.44. The number of carbonyl (C=O) groups excluding carboxylic acids is 1. The number of rotatable bonds is 8. The molecule has 6 nitrogen and oxygen atoms in total. The van der Waals surface area contributed by atoms with Crippen LogP contribution < -0.4 is 14.8 Å². The number of hydrogen-bond acceptors (Lipinski definition) is 4. The summed E-state index contributed by atoms with van der Waals surface area (Å²) < 4.78 is 10.9. The summed E-state index contributed by atoms with van der Waals surface area (Å²) in [5.41, 5.74) is 1.90. The zero-order chi connectivity index (χ0) is 18.1. The summed E-state index contributed by atoms with van der Waals surface area (Å²) in [6, 6.07) is 15.0. The summed E-state index contributed by atoms with van der Waals surface area (Å²) in [5.74, 6) is 1.57. The number of hydrogen-bond donors (Lipinski definition) is 1. The Morgan fingerprint density at radius 1 is 1.08 bits per heavy atom. The molecule has 25 heavy (non-hydrogen) atoms. The number of nitrogens with one attached hydrogen (secondary N) is 1. The Balaban J connectivity index is 1.78. The van der Waals surface area contributed by atoms with Crippen molar-refractivity contribution in [3.05, 3.63) is 54.1 Å². The molecule has 0 fully saturated rings. The molecule has 6 heteroatoms. The zero-order valence-electron chi connectivity index (χ0n) is 14.8. The summed E-state index contributed by atoms with van der Waals surface area (Å²) in [5, 5.41) is 3.84. The van der Waals surface area contributed by atoms with Crippen LogP contribution in [0, 0.1) is 0 Å². The van der Waals surface area contributed by atoms with E-state index in [2.05, 4.69) is 17.4 Å². The van der Waals surface area contributed by atoms with E-state index in [1.54, 1.807) is 19.2 Å². The predicted octanol–water partition coefficient (Wildman–Crippen LogP) is 3.73. The normalized spacial score (nSPS) is 10.2. The fraction of sp³-hybridized carbons (Fsp3) is 0.316. The second kappa shape index (κ2) is 9.54. The third-order valence-corrected chi connectivity index (χ3v) is 3.68. The number of amides is 2. The average Bonchev–Trinajstić information content (AvgIpc) is 2.65. The van der Waals surface area contributed by atoms with Crippen LogP contribution in [-0.4, -0.2) is 39.0 Å². The van der Waals surface area contributed by atoms with Crippen molar-refractivity contribution in [2.75, 3.05) is 33.2 Å². The molecule has 0 bridgehead atoms. The molecule has 0 unspecified atom stereocenters. The Hall–Kier alpha value is -2.73. The van der Waals surface area contributed by atoms with E-state index in [9.17, 15) is 4.79 Å². The molecule has 0 atom stereocenters. The van der Waals surface area contributed by atoms with Crippen LogP contribution in [0.15, 0.2) is 48.5 Å². The molecule has 0 aliphatic carbocycles. The maximum atomic E-state index is 11.8. The standard InChI is InChI=1S/C19H24N2O4/c1-21(24-3)19(22)20-16-7-4-8-18(14-16)25-13-5-6-15-9-11-17(23-2)12-10-15/h4,7-12,14H,5-6,13H2,1-3H3,(H,20,22). The molecule has 2 rings (SSSR count). The van der Waals surface area contributed by atoms with E-state index in [1.165, 1.54) is 19.7 Å². The van der Waals surface area contributed by atoms with E-state index in [0.717, 1.165) is 23.7 Å². The molecule has 2 aromatic rings. The molecular weight excluding hydrogens is 320 g/mol. The van der Waals surface area contributed by atoms with Crippen LogP contribution in [-0.2, 0) is 11.3 Å². The van der Waals surface area contributed by atoms with Gasteiger partial charge in [-0.25, -0.2) is 9.86 Å². The molecule has 1 N–H and O–H groups in total. The van der Waals surface area contributed by atoms with Crippen LogP contribution in [0.2, 0.25) is 0 Å². The van der Waals surface area contributed by atoms with E-state index in [1.807, 2.05) is 24.3 Å².